The predicted octanol–water partition coefficient (Wildman–Crippen LogP) is 0.380. The van der Waals surface area contributed by atoms with Crippen molar-refractivity contribution in [3.05, 3.63) is 22.0 Å². The SMILES string of the molecule is CNC(=O)CNC(=O)CSc1nnc(Cc2csc(C)n2)o1. The minimum Gasteiger partial charge on any atom is -0.416 e. The Morgan fingerprint density at radius 3 is 2.86 bits per heavy atom. The van der Waals surface area contributed by atoms with Gasteiger partial charge < -0.3 is 15.1 Å². The first-order valence-electron chi connectivity index (χ1n) is 6.40. The number of nitrogens with zero attached hydrogens (tertiary/aromatic N) is 3. The Bertz CT molecular complexity index is 655. The van der Waals surface area contributed by atoms with Gasteiger partial charge in [-0.25, -0.2) is 4.98 Å². The molecule has 0 aliphatic rings. The summed E-state index contributed by atoms with van der Waals surface area (Å²) >= 11 is 2.69. The highest BCUT2D eigenvalue weighted by Crippen LogP contribution is 2.18. The van der Waals surface area contributed by atoms with Gasteiger partial charge in [0.05, 0.1) is 29.4 Å². The molecule has 0 fully saturated rings. The number of amides is 2. The Balaban J connectivity index is 1.77. The second kappa shape index (κ2) is 7.90. The lowest BCUT2D eigenvalue weighted by molar-refractivity contribution is -0.124. The number of rotatable bonds is 7. The lowest BCUT2D eigenvalue weighted by atomic mass is 10.3. The van der Waals surface area contributed by atoms with Crippen molar-refractivity contribution in [1.29, 1.82) is 0 Å². The Labute approximate surface area is 135 Å². The minimum absolute atomic E-state index is 0.0475. The van der Waals surface area contributed by atoms with Crippen LogP contribution >= 0.6 is 23.1 Å². The number of likely N-dealkylation sites (N-methyl/N-ethyl adjacent to an activating group) is 1. The molecule has 22 heavy (non-hydrogen) atoms. The maximum atomic E-state index is 11.5. The Morgan fingerprint density at radius 1 is 1.36 bits per heavy atom. The van der Waals surface area contributed by atoms with Gasteiger partial charge in [-0.3, -0.25) is 9.59 Å². The molecule has 0 aliphatic carbocycles. The molecule has 2 amide bonds. The van der Waals surface area contributed by atoms with E-state index in [0.717, 1.165) is 22.5 Å². The lowest BCUT2D eigenvalue weighted by Gasteiger charge is -2.02. The van der Waals surface area contributed by atoms with Crippen LogP contribution in [0.15, 0.2) is 15.0 Å². The summed E-state index contributed by atoms with van der Waals surface area (Å²) in [4.78, 5) is 26.8. The van der Waals surface area contributed by atoms with Crippen molar-refractivity contribution in [2.75, 3.05) is 19.3 Å². The van der Waals surface area contributed by atoms with E-state index in [1.54, 1.807) is 11.3 Å². The minimum atomic E-state index is -0.275. The van der Waals surface area contributed by atoms with E-state index in [0.29, 0.717) is 17.5 Å². The predicted molar refractivity (Wildman–Crippen MR) is 81.8 cm³/mol. The average molecular weight is 341 g/mol. The zero-order valence-corrected chi connectivity index (χ0v) is 13.7. The van der Waals surface area contributed by atoms with Crippen LogP contribution in [0.4, 0.5) is 0 Å². The normalized spacial score (nSPS) is 10.5. The summed E-state index contributed by atoms with van der Waals surface area (Å²) < 4.78 is 5.44. The fourth-order valence-corrected chi connectivity index (χ4v) is 2.68. The molecule has 0 saturated carbocycles. The molecule has 8 nitrogen and oxygen atoms in total. The third-order valence-electron chi connectivity index (χ3n) is 2.50. The first-order valence-corrected chi connectivity index (χ1v) is 8.27. The van der Waals surface area contributed by atoms with Crippen molar-refractivity contribution < 1.29 is 14.0 Å². The Hall–Kier alpha value is -1.94. The summed E-state index contributed by atoms with van der Waals surface area (Å²) in [5, 5.41) is 15.9. The van der Waals surface area contributed by atoms with Crippen LogP contribution in [0.3, 0.4) is 0 Å². The van der Waals surface area contributed by atoms with E-state index in [2.05, 4.69) is 25.8 Å². The highest BCUT2D eigenvalue weighted by molar-refractivity contribution is 7.99. The largest absolute Gasteiger partial charge is 0.416 e. The van der Waals surface area contributed by atoms with Gasteiger partial charge in [-0.15, -0.1) is 21.5 Å². The molecule has 2 aromatic rings. The van der Waals surface area contributed by atoms with E-state index < -0.39 is 0 Å². The van der Waals surface area contributed by atoms with Crippen LogP contribution in [0.5, 0.6) is 0 Å². The van der Waals surface area contributed by atoms with E-state index in [1.165, 1.54) is 7.05 Å². The number of aromatic nitrogens is 3. The molecule has 0 radical (unpaired) electrons. The van der Waals surface area contributed by atoms with Crippen LogP contribution in [0.1, 0.15) is 16.6 Å². The molecule has 0 unspecified atom stereocenters. The van der Waals surface area contributed by atoms with Crippen molar-refractivity contribution in [1.82, 2.24) is 25.8 Å². The van der Waals surface area contributed by atoms with Crippen molar-refractivity contribution in [3.8, 4) is 0 Å². The molecule has 0 spiro atoms. The smallest absolute Gasteiger partial charge is 0.277 e. The summed E-state index contributed by atoms with van der Waals surface area (Å²) in [5.41, 5.74) is 0.881. The maximum Gasteiger partial charge on any atom is 0.277 e. The highest BCUT2D eigenvalue weighted by Gasteiger charge is 2.11. The summed E-state index contributed by atoms with van der Waals surface area (Å²) in [7, 11) is 1.51. The van der Waals surface area contributed by atoms with Gasteiger partial charge in [0.2, 0.25) is 17.7 Å². The molecule has 0 saturated heterocycles. The fourth-order valence-electron chi connectivity index (χ4n) is 1.46. The first-order chi connectivity index (χ1) is 10.6. The summed E-state index contributed by atoms with van der Waals surface area (Å²) in [6, 6.07) is 0. The summed E-state index contributed by atoms with van der Waals surface area (Å²) in [6.07, 6.45) is 0.473. The second-order valence-electron chi connectivity index (χ2n) is 4.23. The van der Waals surface area contributed by atoms with E-state index in [1.807, 2.05) is 12.3 Å². The van der Waals surface area contributed by atoms with Crippen LogP contribution < -0.4 is 10.6 Å². The first kappa shape index (κ1) is 16.4. The summed E-state index contributed by atoms with van der Waals surface area (Å²) in [5.74, 6) is 0.0352. The van der Waals surface area contributed by atoms with Crippen molar-refractivity contribution >= 4 is 34.9 Å². The topological polar surface area (TPSA) is 110 Å². The van der Waals surface area contributed by atoms with Gasteiger partial charge in [0.15, 0.2) is 0 Å². The molecular weight excluding hydrogens is 326 g/mol. The van der Waals surface area contributed by atoms with E-state index in [-0.39, 0.29) is 24.1 Å². The average Bonchev–Trinajstić information content (AvgIpc) is 3.12. The number of thiazole rings is 1. The molecule has 2 N–H and O–H groups in total. The third kappa shape index (κ3) is 5.11. The number of nitrogens with one attached hydrogen (secondary N) is 2. The fraction of sp³-hybridized carbons (Fsp3) is 0.417. The second-order valence-corrected chi connectivity index (χ2v) is 6.22. The highest BCUT2D eigenvalue weighted by atomic mass is 32.2. The van der Waals surface area contributed by atoms with Gasteiger partial charge in [0, 0.05) is 12.4 Å². The molecule has 0 atom stereocenters. The lowest BCUT2D eigenvalue weighted by Crippen LogP contribution is -2.35. The van der Waals surface area contributed by atoms with E-state index in [4.69, 9.17) is 4.42 Å². The molecule has 118 valence electrons. The van der Waals surface area contributed by atoms with Crippen LogP contribution in [0.25, 0.3) is 0 Å². The standard InChI is InChI=1S/C12H15N5O3S2/c1-7-15-8(5-21-7)3-11-16-17-12(20-11)22-6-10(19)14-4-9(18)13-2/h5H,3-4,6H2,1-2H3,(H,13,18)(H,14,19). The van der Waals surface area contributed by atoms with Crippen LogP contribution in [0.2, 0.25) is 0 Å². The molecule has 0 bridgehead atoms. The number of thioether (sulfide) groups is 1. The van der Waals surface area contributed by atoms with Gasteiger partial charge >= 0.3 is 0 Å². The zero-order chi connectivity index (χ0) is 15.9. The van der Waals surface area contributed by atoms with Gasteiger partial charge in [-0.05, 0) is 6.92 Å². The number of hydrogen-bond donors (Lipinski definition) is 2. The van der Waals surface area contributed by atoms with E-state index >= 15 is 0 Å². The van der Waals surface area contributed by atoms with Gasteiger partial charge in [0.1, 0.15) is 0 Å². The maximum absolute atomic E-state index is 11.5. The Kier molecular flexibility index (Phi) is 5.90. The number of carbonyl (C=O) groups is 2. The van der Waals surface area contributed by atoms with E-state index in [9.17, 15) is 9.59 Å². The third-order valence-corrected chi connectivity index (χ3v) is 4.14. The molecule has 0 aliphatic heterocycles. The number of carbonyl (C=O) groups excluding carboxylic acids is 2. The summed E-state index contributed by atoms with van der Waals surface area (Å²) in [6.45, 7) is 1.88. The molecule has 2 aromatic heterocycles. The molecule has 10 heteroatoms. The van der Waals surface area contributed by atoms with Gasteiger partial charge in [-0.2, -0.15) is 0 Å². The van der Waals surface area contributed by atoms with Gasteiger partial charge in [0.25, 0.3) is 5.22 Å². The monoisotopic (exact) mass is 341 g/mol. The van der Waals surface area contributed by atoms with Crippen molar-refractivity contribution in [2.24, 2.45) is 0 Å². The van der Waals surface area contributed by atoms with Crippen LogP contribution in [0, 0.1) is 6.92 Å². The molecule has 2 heterocycles. The van der Waals surface area contributed by atoms with Gasteiger partial charge in [-0.1, -0.05) is 11.8 Å². The van der Waals surface area contributed by atoms with Crippen LogP contribution in [-0.4, -0.2) is 46.3 Å². The quantitative estimate of drug-likeness (QED) is 0.701. The zero-order valence-electron chi connectivity index (χ0n) is 12.1. The van der Waals surface area contributed by atoms with Crippen molar-refractivity contribution in [3.63, 3.8) is 0 Å². The number of hydrogen-bond acceptors (Lipinski definition) is 8. The Morgan fingerprint density at radius 2 is 2.18 bits per heavy atom. The molecular formula is C12H15N5O3S2. The molecule has 2 rings (SSSR count). The number of aryl methyl sites for hydroxylation is 1. The van der Waals surface area contributed by atoms with Crippen molar-refractivity contribution in [2.45, 2.75) is 18.6 Å². The van der Waals surface area contributed by atoms with Crippen LogP contribution in [-0.2, 0) is 16.0 Å². The molecule has 0 aromatic carbocycles.